The van der Waals surface area contributed by atoms with Crippen molar-refractivity contribution < 1.29 is 9.34 Å². The minimum absolute atomic E-state index is 0.0217. The van der Waals surface area contributed by atoms with E-state index < -0.39 is 4.92 Å². The Hall–Kier alpha value is -1.56. The van der Waals surface area contributed by atoms with Crippen LogP contribution in [-0.2, 0) is 0 Å². The third kappa shape index (κ3) is 1.33. The maximum Gasteiger partial charge on any atom is 0.298 e. The number of nitro groups is 1. The first kappa shape index (κ1) is 9.01. The van der Waals surface area contributed by atoms with Crippen LogP contribution >= 0.6 is 11.8 Å². The number of nitro benzene ring substituents is 1. The van der Waals surface area contributed by atoms with Crippen LogP contribution in [0.5, 0.6) is 0 Å². The molecule has 1 heterocycles. The number of fused-ring (bicyclic) bond motifs is 1. The molecule has 0 unspecified atom stereocenters. The summed E-state index contributed by atoms with van der Waals surface area (Å²) in [5.41, 5.74) is 0.733. The number of hydrogen-bond acceptors (Lipinski definition) is 5. The fourth-order valence-electron chi connectivity index (χ4n) is 1.15. The van der Waals surface area contributed by atoms with E-state index in [1.165, 1.54) is 17.8 Å². The van der Waals surface area contributed by atoms with Gasteiger partial charge in [0.15, 0.2) is 11.1 Å². The first-order chi connectivity index (χ1) is 6.72. The Kier molecular flexibility index (Phi) is 2.12. The molecule has 0 fully saturated rings. The second kappa shape index (κ2) is 3.30. The monoisotopic (exact) mass is 210 g/mol. The van der Waals surface area contributed by atoms with Gasteiger partial charge in [0.1, 0.15) is 0 Å². The second-order valence-corrected chi connectivity index (χ2v) is 3.32. The molecular formula is C8H6N2O3S. The first-order valence-electron chi connectivity index (χ1n) is 3.80. The number of hydrogen-bond donors (Lipinski definition) is 0. The Morgan fingerprint density at radius 3 is 3.00 bits per heavy atom. The summed E-state index contributed by atoms with van der Waals surface area (Å²) in [7, 11) is 0. The quantitative estimate of drug-likeness (QED) is 0.432. The van der Waals surface area contributed by atoms with Gasteiger partial charge in [-0.05, 0) is 12.3 Å². The lowest BCUT2D eigenvalue weighted by molar-refractivity contribution is -0.383. The Morgan fingerprint density at radius 1 is 1.57 bits per heavy atom. The summed E-state index contributed by atoms with van der Waals surface area (Å²) in [5.74, 6) is 0. The Bertz CT molecular complexity index is 494. The van der Waals surface area contributed by atoms with Crippen molar-refractivity contribution in [2.24, 2.45) is 0 Å². The van der Waals surface area contributed by atoms with Crippen LogP contribution in [0.4, 0.5) is 5.69 Å². The molecule has 2 aromatic rings. The maximum atomic E-state index is 10.6. The van der Waals surface area contributed by atoms with E-state index in [1.807, 2.05) is 0 Å². The molecule has 0 saturated carbocycles. The van der Waals surface area contributed by atoms with Gasteiger partial charge in [-0.25, -0.2) is 0 Å². The molecule has 0 aliphatic carbocycles. The molecule has 0 saturated heterocycles. The van der Waals surface area contributed by atoms with Gasteiger partial charge in [-0.2, -0.15) is 4.98 Å². The van der Waals surface area contributed by atoms with Gasteiger partial charge in [-0.15, -0.1) is 0 Å². The zero-order chi connectivity index (χ0) is 10.1. The van der Waals surface area contributed by atoms with Gasteiger partial charge < -0.3 is 4.42 Å². The third-order valence-corrected chi connectivity index (χ3v) is 2.27. The number of nitrogens with zero attached hydrogens (tertiary/aromatic N) is 2. The molecule has 0 spiro atoms. The van der Waals surface area contributed by atoms with Crippen LogP contribution in [0.25, 0.3) is 11.1 Å². The summed E-state index contributed by atoms with van der Waals surface area (Å²) in [6.07, 6.45) is 1.80. The van der Waals surface area contributed by atoms with Crippen LogP contribution in [0.2, 0.25) is 0 Å². The van der Waals surface area contributed by atoms with E-state index in [2.05, 4.69) is 4.98 Å². The van der Waals surface area contributed by atoms with Crippen LogP contribution in [0.15, 0.2) is 27.8 Å². The van der Waals surface area contributed by atoms with Crippen LogP contribution in [0, 0.1) is 10.1 Å². The Labute approximate surface area is 83.3 Å². The first-order valence-corrected chi connectivity index (χ1v) is 5.03. The van der Waals surface area contributed by atoms with Crippen molar-refractivity contribution in [3.05, 3.63) is 28.3 Å². The van der Waals surface area contributed by atoms with Crippen LogP contribution in [0.3, 0.4) is 0 Å². The molecule has 1 aromatic carbocycles. The molecule has 0 radical (unpaired) electrons. The molecule has 5 nitrogen and oxygen atoms in total. The summed E-state index contributed by atoms with van der Waals surface area (Å²) in [4.78, 5) is 14.2. The molecular weight excluding hydrogens is 204 g/mol. The number of thioether (sulfide) groups is 1. The highest BCUT2D eigenvalue weighted by Crippen LogP contribution is 2.28. The number of para-hydroxylation sites is 1. The minimum Gasteiger partial charge on any atom is -0.431 e. The van der Waals surface area contributed by atoms with E-state index >= 15 is 0 Å². The average Bonchev–Trinajstić information content (AvgIpc) is 2.59. The number of benzene rings is 1. The van der Waals surface area contributed by atoms with Crippen molar-refractivity contribution in [2.45, 2.75) is 5.22 Å². The van der Waals surface area contributed by atoms with Gasteiger partial charge in [0.2, 0.25) is 0 Å². The maximum absolute atomic E-state index is 10.6. The van der Waals surface area contributed by atoms with Crippen LogP contribution in [0.1, 0.15) is 0 Å². The Morgan fingerprint density at radius 2 is 2.36 bits per heavy atom. The summed E-state index contributed by atoms with van der Waals surface area (Å²) < 4.78 is 5.26. The van der Waals surface area contributed by atoms with E-state index in [4.69, 9.17) is 4.42 Å². The van der Waals surface area contributed by atoms with E-state index in [0.29, 0.717) is 16.3 Å². The average molecular weight is 210 g/mol. The van der Waals surface area contributed by atoms with E-state index in [-0.39, 0.29) is 5.69 Å². The largest absolute Gasteiger partial charge is 0.431 e. The molecule has 0 bridgehead atoms. The Balaban J connectivity index is 2.73. The zero-order valence-electron chi connectivity index (χ0n) is 7.26. The van der Waals surface area contributed by atoms with Gasteiger partial charge >= 0.3 is 0 Å². The van der Waals surface area contributed by atoms with Gasteiger partial charge in [0.05, 0.1) is 4.92 Å². The highest BCUT2D eigenvalue weighted by Gasteiger charge is 2.16. The van der Waals surface area contributed by atoms with Crippen molar-refractivity contribution in [3.8, 4) is 0 Å². The second-order valence-electron chi connectivity index (χ2n) is 2.56. The normalized spacial score (nSPS) is 10.6. The molecule has 0 aliphatic heterocycles. The smallest absolute Gasteiger partial charge is 0.298 e. The van der Waals surface area contributed by atoms with Crippen molar-refractivity contribution >= 4 is 28.5 Å². The van der Waals surface area contributed by atoms with Gasteiger partial charge in [0, 0.05) is 6.07 Å². The summed E-state index contributed by atoms with van der Waals surface area (Å²) in [5, 5.41) is 11.1. The summed E-state index contributed by atoms with van der Waals surface area (Å²) >= 11 is 1.31. The molecule has 1 aromatic heterocycles. The van der Waals surface area contributed by atoms with Crippen molar-refractivity contribution in [1.29, 1.82) is 0 Å². The van der Waals surface area contributed by atoms with Crippen molar-refractivity contribution in [3.63, 3.8) is 0 Å². The summed E-state index contributed by atoms with van der Waals surface area (Å²) in [6, 6.07) is 4.65. The molecule has 6 heteroatoms. The van der Waals surface area contributed by atoms with Crippen LogP contribution in [-0.4, -0.2) is 16.2 Å². The number of rotatable bonds is 2. The molecule has 2 rings (SSSR count). The summed E-state index contributed by atoms with van der Waals surface area (Å²) in [6.45, 7) is 0. The third-order valence-electron chi connectivity index (χ3n) is 1.75. The minimum atomic E-state index is -0.463. The van der Waals surface area contributed by atoms with E-state index in [9.17, 15) is 10.1 Å². The van der Waals surface area contributed by atoms with Gasteiger partial charge in [-0.1, -0.05) is 17.8 Å². The number of oxazole rings is 1. The standard InChI is InChI=1S/C8H6N2O3S/c1-14-8-9-7-5(10(11)12)3-2-4-6(7)13-8/h2-4H,1H3. The molecule has 0 N–H and O–H groups in total. The molecule has 0 atom stereocenters. The topological polar surface area (TPSA) is 69.2 Å². The molecule has 0 aliphatic rings. The van der Waals surface area contributed by atoms with E-state index in [1.54, 1.807) is 18.4 Å². The van der Waals surface area contributed by atoms with Gasteiger partial charge in [-0.3, -0.25) is 10.1 Å². The van der Waals surface area contributed by atoms with Crippen molar-refractivity contribution in [1.82, 2.24) is 4.98 Å². The lowest BCUT2D eigenvalue weighted by Crippen LogP contribution is -1.88. The lowest BCUT2D eigenvalue weighted by atomic mass is 10.3. The predicted octanol–water partition coefficient (Wildman–Crippen LogP) is 2.46. The SMILES string of the molecule is CSc1nc2c([N+](=O)[O-])cccc2o1. The highest BCUT2D eigenvalue weighted by atomic mass is 32.2. The van der Waals surface area contributed by atoms with Crippen molar-refractivity contribution in [2.75, 3.05) is 6.26 Å². The zero-order valence-corrected chi connectivity index (χ0v) is 8.08. The number of aromatic nitrogens is 1. The fourth-order valence-corrected chi connectivity index (χ4v) is 1.50. The van der Waals surface area contributed by atoms with Gasteiger partial charge in [0.25, 0.3) is 10.9 Å². The lowest BCUT2D eigenvalue weighted by Gasteiger charge is -1.88. The van der Waals surface area contributed by atoms with Crippen LogP contribution < -0.4 is 0 Å². The molecule has 14 heavy (non-hydrogen) atoms. The molecule has 0 amide bonds. The highest BCUT2D eigenvalue weighted by molar-refractivity contribution is 7.98. The number of non-ortho nitro benzene ring substituents is 1. The molecule has 72 valence electrons. The fraction of sp³-hybridized carbons (Fsp3) is 0.125. The van der Waals surface area contributed by atoms with E-state index in [0.717, 1.165) is 0 Å². The predicted molar refractivity (Wildman–Crippen MR) is 52.4 cm³/mol.